The third kappa shape index (κ3) is 9.46. The summed E-state index contributed by atoms with van der Waals surface area (Å²) < 4.78 is 0. The average molecular weight is 834 g/mol. The van der Waals surface area contributed by atoms with E-state index >= 15 is 0 Å². The molecule has 0 aromatic rings. The van der Waals surface area contributed by atoms with Crippen molar-refractivity contribution in [1.82, 2.24) is 14.7 Å². The van der Waals surface area contributed by atoms with E-state index in [9.17, 15) is 10.5 Å². The van der Waals surface area contributed by atoms with Gasteiger partial charge in [-0.05, 0) is 196 Å². The predicted octanol–water partition coefficient (Wildman–Crippen LogP) is 13.8. The van der Waals surface area contributed by atoms with Crippen LogP contribution in [-0.4, -0.2) is 69.1 Å². The molecule has 10 rings (SSSR count). The monoisotopic (exact) mass is 834 g/mol. The first-order chi connectivity index (χ1) is 30.2. The first-order valence-corrected chi connectivity index (χ1v) is 28.3. The maximum absolute atomic E-state index is 10.3. The zero-order valence-corrected chi connectivity index (χ0v) is 39.2. The van der Waals surface area contributed by atoms with E-state index in [1.807, 2.05) is 0 Å². The van der Waals surface area contributed by atoms with Crippen molar-refractivity contribution in [3.8, 4) is 12.1 Å². The minimum Gasteiger partial charge on any atom is -0.294 e. The molecule has 0 aromatic carbocycles. The largest absolute Gasteiger partial charge is 0.294 e. The molecule has 9 saturated carbocycles. The van der Waals surface area contributed by atoms with Crippen molar-refractivity contribution in [2.24, 2.45) is 47.3 Å². The Labute approximate surface area is 375 Å². The van der Waals surface area contributed by atoms with E-state index in [2.05, 4.69) is 26.8 Å². The highest BCUT2D eigenvalue weighted by Gasteiger charge is 2.56. The molecule has 0 aromatic heterocycles. The lowest BCUT2D eigenvalue weighted by atomic mass is 9.62. The second-order valence-electron chi connectivity index (χ2n) is 24.2. The van der Waals surface area contributed by atoms with E-state index in [-0.39, 0.29) is 11.8 Å². The van der Waals surface area contributed by atoms with E-state index in [4.69, 9.17) is 0 Å². The SMILES string of the molecule is N#CC1CCC(N2C3CCC(C4CCC(N(C5CCCCC5)C5CCCCC5)CC4)CC3C3CC(C4CCC(N(C5CCCCC5)C5CCCCC5)CC4)CCC32)CC1C#N. The van der Waals surface area contributed by atoms with Gasteiger partial charge in [0.15, 0.2) is 0 Å². The van der Waals surface area contributed by atoms with Crippen LogP contribution >= 0.6 is 0 Å². The van der Waals surface area contributed by atoms with Gasteiger partial charge in [-0.3, -0.25) is 14.7 Å². The van der Waals surface area contributed by atoms with Gasteiger partial charge in [0.05, 0.1) is 24.0 Å². The van der Waals surface area contributed by atoms with Gasteiger partial charge < -0.3 is 0 Å². The maximum atomic E-state index is 10.3. The quantitative estimate of drug-likeness (QED) is 0.232. The number of hydrogen-bond acceptors (Lipinski definition) is 5. The van der Waals surface area contributed by atoms with E-state index in [0.29, 0.717) is 6.04 Å². The lowest BCUT2D eigenvalue weighted by molar-refractivity contribution is 0.00262. The molecule has 0 radical (unpaired) electrons. The molecule has 1 saturated heterocycles. The highest BCUT2D eigenvalue weighted by atomic mass is 15.3. The van der Waals surface area contributed by atoms with E-state index < -0.39 is 0 Å². The Morgan fingerprint density at radius 3 is 1.02 bits per heavy atom. The molecular formula is C56H91N5. The Balaban J connectivity index is 0.815. The normalized spacial score (nSPS) is 43.0. The summed E-state index contributed by atoms with van der Waals surface area (Å²) in [6, 6.07) is 12.5. The highest BCUT2D eigenvalue weighted by molar-refractivity contribution is 5.11. The molecule has 340 valence electrons. The molecule has 10 fully saturated rings. The molecule has 10 aliphatic rings. The lowest BCUT2D eigenvalue weighted by Crippen LogP contribution is -2.52. The Morgan fingerprint density at radius 1 is 0.311 bits per heavy atom. The molecule has 61 heavy (non-hydrogen) atoms. The molecule has 1 aliphatic heterocycles. The van der Waals surface area contributed by atoms with Crippen LogP contribution in [-0.2, 0) is 0 Å². The maximum Gasteiger partial charge on any atom is 0.0670 e. The number of nitrogens with zero attached hydrogens (tertiary/aromatic N) is 5. The Kier molecular flexibility index (Phi) is 14.8. The van der Waals surface area contributed by atoms with E-state index in [0.717, 1.165) is 103 Å². The van der Waals surface area contributed by atoms with Crippen LogP contribution < -0.4 is 0 Å². The molecule has 5 nitrogen and oxygen atoms in total. The fraction of sp³-hybridized carbons (Fsp3) is 0.964. The number of nitriles is 2. The number of fused-ring (bicyclic) bond motifs is 3. The van der Waals surface area contributed by atoms with Gasteiger partial charge in [-0.1, -0.05) is 77.0 Å². The first kappa shape index (κ1) is 43.7. The van der Waals surface area contributed by atoms with Crippen LogP contribution in [0.15, 0.2) is 0 Å². The van der Waals surface area contributed by atoms with E-state index in [1.165, 1.54) is 218 Å². The molecule has 1 heterocycles. The second-order valence-corrected chi connectivity index (χ2v) is 24.2. The summed E-state index contributed by atoms with van der Waals surface area (Å²) in [7, 11) is 0. The Hall–Kier alpha value is -1.14. The van der Waals surface area contributed by atoms with Crippen LogP contribution in [0.25, 0.3) is 0 Å². The van der Waals surface area contributed by atoms with Gasteiger partial charge in [-0.15, -0.1) is 0 Å². The Bertz CT molecular complexity index is 1320. The summed E-state index contributed by atoms with van der Waals surface area (Å²) in [4.78, 5) is 9.55. The highest BCUT2D eigenvalue weighted by Crippen LogP contribution is 2.57. The van der Waals surface area contributed by atoms with Crippen molar-refractivity contribution in [1.29, 1.82) is 10.5 Å². The predicted molar refractivity (Wildman–Crippen MR) is 250 cm³/mol. The smallest absolute Gasteiger partial charge is 0.0670 e. The van der Waals surface area contributed by atoms with Crippen LogP contribution in [0, 0.1) is 70.0 Å². The standard InChI is InChI=1S/C56H91N5/c57-38-44-25-32-52(35-45(44)39-58)61-55-33-26-42(40-21-28-50(29-22-40)59(46-13-5-1-6-14-46)47-15-7-2-8-16-47)36-53(55)54-37-43(27-34-56(54)61)41-23-30-51(31-24-41)60(48-17-9-3-10-18-48)49-19-11-4-12-20-49/h40-56H,1-37H2. The van der Waals surface area contributed by atoms with Gasteiger partial charge in [-0.2, -0.15) is 10.5 Å². The van der Waals surface area contributed by atoms with Crippen molar-refractivity contribution in [3.63, 3.8) is 0 Å². The topological polar surface area (TPSA) is 57.3 Å². The van der Waals surface area contributed by atoms with Crippen LogP contribution in [0.4, 0.5) is 0 Å². The van der Waals surface area contributed by atoms with Crippen LogP contribution in [0.2, 0.25) is 0 Å². The van der Waals surface area contributed by atoms with Crippen molar-refractivity contribution in [2.75, 3.05) is 0 Å². The summed E-state index contributed by atoms with van der Waals surface area (Å²) in [5, 5.41) is 20.2. The second kappa shape index (κ2) is 20.6. The number of likely N-dealkylation sites (tertiary alicyclic amines) is 1. The van der Waals surface area contributed by atoms with Gasteiger partial charge in [0.2, 0.25) is 0 Å². The van der Waals surface area contributed by atoms with Crippen molar-refractivity contribution < 1.29 is 0 Å². The minimum absolute atomic E-state index is 0.0496. The molecule has 9 unspecified atom stereocenters. The van der Waals surface area contributed by atoms with Gasteiger partial charge >= 0.3 is 0 Å². The third-order valence-electron chi connectivity index (χ3n) is 21.3. The first-order valence-electron chi connectivity index (χ1n) is 28.3. The third-order valence-corrected chi connectivity index (χ3v) is 21.3. The average Bonchev–Trinajstić information content (AvgIpc) is 3.66. The Morgan fingerprint density at radius 2 is 0.656 bits per heavy atom. The van der Waals surface area contributed by atoms with Crippen molar-refractivity contribution in [3.05, 3.63) is 0 Å². The number of hydrogen-bond donors (Lipinski definition) is 0. The van der Waals surface area contributed by atoms with Crippen LogP contribution in [0.5, 0.6) is 0 Å². The lowest BCUT2D eigenvalue weighted by Gasteiger charge is -2.50. The van der Waals surface area contributed by atoms with Gasteiger partial charge in [0.1, 0.15) is 0 Å². The van der Waals surface area contributed by atoms with Crippen molar-refractivity contribution >= 4 is 0 Å². The molecule has 0 amide bonds. The summed E-state index contributed by atoms with van der Waals surface area (Å²) in [6.45, 7) is 0. The zero-order chi connectivity index (χ0) is 41.1. The van der Waals surface area contributed by atoms with Gasteiger partial charge in [0.25, 0.3) is 0 Å². The molecule has 9 aliphatic carbocycles. The van der Waals surface area contributed by atoms with Gasteiger partial charge in [-0.25, -0.2) is 0 Å². The van der Waals surface area contributed by atoms with E-state index in [1.54, 1.807) is 0 Å². The molecule has 9 atom stereocenters. The molecule has 0 spiro atoms. The zero-order valence-electron chi connectivity index (χ0n) is 39.2. The molecule has 0 N–H and O–H groups in total. The summed E-state index contributed by atoms with van der Waals surface area (Å²) >= 11 is 0. The van der Waals surface area contributed by atoms with Gasteiger partial charge in [0, 0.05) is 54.4 Å². The fourth-order valence-electron chi connectivity index (χ4n) is 18.5. The summed E-state index contributed by atoms with van der Waals surface area (Å²) in [6.07, 6.45) is 53.4. The molecule has 0 bridgehead atoms. The van der Waals surface area contributed by atoms with Crippen molar-refractivity contribution in [2.45, 2.75) is 292 Å². The van der Waals surface area contributed by atoms with Crippen LogP contribution in [0.1, 0.15) is 238 Å². The summed E-state index contributed by atoms with van der Waals surface area (Å²) in [5.41, 5.74) is 0. The molecule has 5 heteroatoms. The summed E-state index contributed by atoms with van der Waals surface area (Å²) in [5.74, 6) is 5.46. The fourth-order valence-corrected chi connectivity index (χ4v) is 18.5. The minimum atomic E-state index is -0.0668. The number of rotatable bonds is 9. The van der Waals surface area contributed by atoms with Crippen LogP contribution in [0.3, 0.4) is 0 Å². The molecular weight excluding hydrogens is 743 g/mol.